The smallest absolute Gasteiger partial charge is 0.343 e. The van der Waals surface area contributed by atoms with E-state index in [1.165, 1.54) is 52.8 Å². The zero-order valence-electron chi connectivity index (χ0n) is 14.7. The lowest BCUT2D eigenvalue weighted by Crippen LogP contribution is -2.29. The number of halogens is 1. The van der Waals surface area contributed by atoms with E-state index in [9.17, 15) is 17.6 Å². The molecular formula is C21H16FNO4S. The highest BCUT2D eigenvalue weighted by molar-refractivity contribution is 7.92. The summed E-state index contributed by atoms with van der Waals surface area (Å²) in [6.45, 7) is 0.339. The molecule has 0 radical (unpaired) electrons. The Morgan fingerprint density at radius 3 is 2.54 bits per heavy atom. The minimum absolute atomic E-state index is 0.0211. The lowest BCUT2D eigenvalue weighted by atomic mass is 10.2. The fourth-order valence-electron chi connectivity index (χ4n) is 3.15. The highest BCUT2D eigenvalue weighted by atomic mass is 32.2. The van der Waals surface area contributed by atoms with Gasteiger partial charge in [0.15, 0.2) is 11.6 Å². The number of para-hydroxylation sites is 2. The maximum Gasteiger partial charge on any atom is 0.343 e. The quantitative estimate of drug-likeness (QED) is 0.496. The molecule has 0 bridgehead atoms. The van der Waals surface area contributed by atoms with Crippen LogP contribution in [0, 0.1) is 5.82 Å². The van der Waals surface area contributed by atoms with Crippen molar-refractivity contribution in [3.63, 3.8) is 0 Å². The molecule has 0 saturated heterocycles. The van der Waals surface area contributed by atoms with Crippen LogP contribution in [0.15, 0.2) is 77.7 Å². The standard InChI is InChI=1S/C21H16FNO4S/c22-18-9-2-4-11-20(18)27-21(24)16-7-5-8-17(14-16)28(25,26)23-13-12-15-6-1-3-10-19(15)23/h1-11,14H,12-13H2. The van der Waals surface area contributed by atoms with Gasteiger partial charge in [0.2, 0.25) is 0 Å². The van der Waals surface area contributed by atoms with E-state index in [-0.39, 0.29) is 16.2 Å². The molecule has 7 heteroatoms. The molecule has 0 saturated carbocycles. The minimum Gasteiger partial charge on any atom is -0.420 e. The average molecular weight is 397 g/mol. The second-order valence-electron chi connectivity index (χ2n) is 6.30. The van der Waals surface area contributed by atoms with Crippen molar-refractivity contribution >= 4 is 21.7 Å². The number of benzene rings is 3. The van der Waals surface area contributed by atoms with Crippen molar-refractivity contribution in [3.8, 4) is 5.75 Å². The number of carbonyl (C=O) groups is 1. The Bertz CT molecular complexity index is 1160. The van der Waals surface area contributed by atoms with Crippen molar-refractivity contribution in [2.24, 2.45) is 0 Å². The van der Waals surface area contributed by atoms with Gasteiger partial charge in [-0.05, 0) is 48.4 Å². The number of fused-ring (bicyclic) bond motifs is 1. The summed E-state index contributed by atoms with van der Waals surface area (Å²) in [5.41, 5.74) is 1.62. The molecule has 0 fully saturated rings. The average Bonchev–Trinajstić information content (AvgIpc) is 3.15. The van der Waals surface area contributed by atoms with Crippen molar-refractivity contribution in [2.75, 3.05) is 10.8 Å². The minimum atomic E-state index is -3.84. The van der Waals surface area contributed by atoms with E-state index in [1.54, 1.807) is 12.1 Å². The van der Waals surface area contributed by atoms with Crippen LogP contribution >= 0.6 is 0 Å². The number of hydrogen-bond acceptors (Lipinski definition) is 4. The van der Waals surface area contributed by atoms with Crippen LogP contribution in [0.25, 0.3) is 0 Å². The molecule has 0 unspecified atom stereocenters. The summed E-state index contributed by atoms with van der Waals surface area (Å²) in [6, 6.07) is 18.4. The normalized spacial score (nSPS) is 13.2. The molecule has 0 aliphatic carbocycles. The highest BCUT2D eigenvalue weighted by Crippen LogP contribution is 2.32. The summed E-state index contributed by atoms with van der Waals surface area (Å²) in [5.74, 6) is -1.72. The van der Waals surface area contributed by atoms with Crippen LogP contribution in [0.2, 0.25) is 0 Å². The van der Waals surface area contributed by atoms with Gasteiger partial charge in [0, 0.05) is 6.54 Å². The highest BCUT2D eigenvalue weighted by Gasteiger charge is 2.31. The first-order chi connectivity index (χ1) is 13.5. The fraction of sp³-hybridized carbons (Fsp3) is 0.0952. The van der Waals surface area contributed by atoms with E-state index in [0.717, 1.165) is 5.56 Å². The summed E-state index contributed by atoms with van der Waals surface area (Å²) < 4.78 is 46.3. The van der Waals surface area contributed by atoms with Crippen LogP contribution in [-0.4, -0.2) is 20.9 Å². The van der Waals surface area contributed by atoms with Gasteiger partial charge in [-0.1, -0.05) is 36.4 Å². The molecular weight excluding hydrogens is 381 g/mol. The zero-order chi connectivity index (χ0) is 19.7. The van der Waals surface area contributed by atoms with E-state index in [0.29, 0.717) is 18.7 Å². The van der Waals surface area contributed by atoms with E-state index >= 15 is 0 Å². The Balaban J connectivity index is 1.64. The Labute approximate surface area is 162 Å². The number of sulfonamides is 1. The Hall–Kier alpha value is -3.19. The third-order valence-corrected chi connectivity index (χ3v) is 6.35. The number of esters is 1. The van der Waals surface area contributed by atoms with Gasteiger partial charge in [0.1, 0.15) is 0 Å². The maximum atomic E-state index is 13.7. The summed E-state index contributed by atoms with van der Waals surface area (Å²) in [4.78, 5) is 12.3. The first-order valence-corrected chi connectivity index (χ1v) is 10.1. The van der Waals surface area contributed by atoms with Crippen molar-refractivity contribution in [2.45, 2.75) is 11.3 Å². The van der Waals surface area contributed by atoms with Gasteiger partial charge in [-0.2, -0.15) is 0 Å². The van der Waals surface area contributed by atoms with Crippen LogP contribution in [0.5, 0.6) is 5.75 Å². The molecule has 0 amide bonds. The summed E-state index contributed by atoms with van der Waals surface area (Å²) in [7, 11) is -3.84. The summed E-state index contributed by atoms with van der Waals surface area (Å²) in [6.07, 6.45) is 0.629. The molecule has 1 heterocycles. The summed E-state index contributed by atoms with van der Waals surface area (Å²) >= 11 is 0. The third kappa shape index (κ3) is 3.25. The number of rotatable bonds is 4. The number of hydrogen-bond donors (Lipinski definition) is 0. The van der Waals surface area contributed by atoms with Crippen LogP contribution < -0.4 is 9.04 Å². The Kier molecular flexibility index (Phi) is 4.60. The molecule has 0 N–H and O–H groups in total. The van der Waals surface area contributed by atoms with Gasteiger partial charge in [0.05, 0.1) is 16.1 Å². The van der Waals surface area contributed by atoms with E-state index in [1.807, 2.05) is 12.1 Å². The van der Waals surface area contributed by atoms with Gasteiger partial charge in [-0.15, -0.1) is 0 Å². The molecule has 3 aromatic carbocycles. The van der Waals surface area contributed by atoms with Gasteiger partial charge in [-0.3, -0.25) is 4.31 Å². The van der Waals surface area contributed by atoms with Gasteiger partial charge in [-0.25, -0.2) is 17.6 Å². The van der Waals surface area contributed by atoms with Gasteiger partial charge in [0.25, 0.3) is 10.0 Å². The van der Waals surface area contributed by atoms with Crippen molar-refractivity contribution in [1.29, 1.82) is 0 Å². The molecule has 0 spiro atoms. The van der Waals surface area contributed by atoms with Gasteiger partial charge < -0.3 is 4.74 Å². The first kappa shape index (κ1) is 18.2. The lowest BCUT2D eigenvalue weighted by Gasteiger charge is -2.19. The second-order valence-corrected chi connectivity index (χ2v) is 8.17. The Morgan fingerprint density at radius 1 is 0.964 bits per heavy atom. The van der Waals surface area contributed by atoms with Crippen LogP contribution in [0.4, 0.5) is 10.1 Å². The SMILES string of the molecule is O=C(Oc1ccccc1F)c1cccc(S(=O)(=O)N2CCc3ccccc32)c1. The van der Waals surface area contributed by atoms with E-state index in [2.05, 4.69) is 0 Å². The zero-order valence-corrected chi connectivity index (χ0v) is 15.5. The molecule has 1 aliphatic heterocycles. The first-order valence-electron chi connectivity index (χ1n) is 8.64. The molecule has 3 aromatic rings. The molecule has 28 heavy (non-hydrogen) atoms. The Morgan fingerprint density at radius 2 is 1.71 bits per heavy atom. The second kappa shape index (κ2) is 7.09. The predicted octanol–water partition coefficient (Wildman–Crippen LogP) is 3.80. The van der Waals surface area contributed by atoms with Crippen molar-refractivity contribution < 1.29 is 22.3 Å². The molecule has 4 rings (SSSR count). The van der Waals surface area contributed by atoms with E-state index in [4.69, 9.17) is 4.74 Å². The fourth-order valence-corrected chi connectivity index (χ4v) is 4.70. The molecule has 5 nitrogen and oxygen atoms in total. The number of ether oxygens (including phenoxy) is 1. The van der Waals surface area contributed by atoms with Crippen molar-refractivity contribution in [3.05, 3.63) is 89.7 Å². The monoisotopic (exact) mass is 397 g/mol. The number of nitrogens with zero attached hydrogens (tertiary/aromatic N) is 1. The van der Waals surface area contributed by atoms with Crippen LogP contribution in [-0.2, 0) is 16.4 Å². The maximum absolute atomic E-state index is 13.7. The van der Waals surface area contributed by atoms with Crippen LogP contribution in [0.1, 0.15) is 15.9 Å². The predicted molar refractivity (Wildman–Crippen MR) is 102 cm³/mol. The topological polar surface area (TPSA) is 63.7 Å². The number of carbonyl (C=O) groups excluding carboxylic acids is 1. The van der Waals surface area contributed by atoms with Crippen LogP contribution in [0.3, 0.4) is 0 Å². The lowest BCUT2D eigenvalue weighted by molar-refractivity contribution is 0.0727. The summed E-state index contributed by atoms with van der Waals surface area (Å²) in [5, 5.41) is 0. The van der Waals surface area contributed by atoms with Gasteiger partial charge >= 0.3 is 5.97 Å². The molecule has 0 atom stereocenters. The third-order valence-electron chi connectivity index (χ3n) is 4.54. The van der Waals surface area contributed by atoms with Crippen molar-refractivity contribution in [1.82, 2.24) is 0 Å². The number of anilines is 1. The molecule has 1 aliphatic rings. The largest absolute Gasteiger partial charge is 0.420 e. The molecule has 0 aromatic heterocycles. The van der Waals surface area contributed by atoms with E-state index < -0.39 is 21.8 Å². The molecule has 142 valence electrons.